The summed E-state index contributed by atoms with van der Waals surface area (Å²) in [7, 11) is -2.57. The van der Waals surface area contributed by atoms with E-state index >= 15 is 0 Å². The molecule has 0 aromatic heterocycles. The number of carbonyl (C=O) groups excluding carboxylic acids is 1. The van der Waals surface area contributed by atoms with E-state index in [9.17, 15) is 13.2 Å². The van der Waals surface area contributed by atoms with Gasteiger partial charge in [-0.1, -0.05) is 36.4 Å². The number of hydrogen-bond acceptors (Lipinski definition) is 5. The number of halogens is 1. The molecule has 0 radical (unpaired) electrons. The Morgan fingerprint density at radius 2 is 1.89 bits per heavy atom. The topological polar surface area (TPSA) is 81.7 Å². The van der Waals surface area contributed by atoms with Gasteiger partial charge in [0.25, 0.3) is 10.0 Å². The van der Waals surface area contributed by atoms with Gasteiger partial charge in [-0.25, -0.2) is 13.1 Å². The first-order valence-corrected chi connectivity index (χ1v) is 10.7. The second-order valence-corrected chi connectivity index (χ2v) is 8.81. The van der Waals surface area contributed by atoms with Crippen molar-refractivity contribution in [3.05, 3.63) is 64.6 Å². The van der Waals surface area contributed by atoms with Crippen LogP contribution in [0.2, 0.25) is 0 Å². The molecule has 1 amide bonds. The third kappa shape index (κ3) is 3.12. The number of amides is 1. The lowest BCUT2D eigenvalue weighted by Gasteiger charge is -2.14. The van der Waals surface area contributed by atoms with Gasteiger partial charge in [0.1, 0.15) is 24.0 Å². The Balaban J connectivity index is 1.70. The number of ether oxygens (including phenoxy) is 2. The molecule has 4 rings (SSSR count). The normalized spacial score (nSPS) is 15.7. The van der Waals surface area contributed by atoms with Crippen LogP contribution in [0.5, 0.6) is 11.5 Å². The molecule has 1 heterocycles. The van der Waals surface area contributed by atoms with E-state index in [2.05, 4.69) is 20.7 Å². The fraction of sp³-hybridized carbons (Fsp3) is 0.150. The minimum Gasteiger partial charge on any atom is -0.496 e. The van der Waals surface area contributed by atoms with Crippen molar-refractivity contribution >= 4 is 42.6 Å². The Labute approximate surface area is 170 Å². The average molecular weight is 462 g/mol. The molecular weight excluding hydrogens is 446 g/mol. The molecule has 0 aliphatic carbocycles. The minimum absolute atomic E-state index is 0.0329. The molecule has 1 unspecified atom stereocenters. The largest absolute Gasteiger partial charge is 0.496 e. The first-order valence-electron chi connectivity index (χ1n) is 8.46. The summed E-state index contributed by atoms with van der Waals surface area (Å²) >= 11 is 3.38. The lowest BCUT2D eigenvalue weighted by atomic mass is 10.00. The van der Waals surface area contributed by atoms with Crippen LogP contribution >= 0.6 is 15.9 Å². The number of carbonyl (C=O) groups is 1. The maximum absolute atomic E-state index is 12.9. The second-order valence-electron chi connectivity index (χ2n) is 6.30. The fourth-order valence-electron chi connectivity index (χ4n) is 3.35. The van der Waals surface area contributed by atoms with E-state index in [1.54, 1.807) is 30.3 Å². The molecule has 0 fully saturated rings. The number of sulfonamides is 1. The highest BCUT2D eigenvalue weighted by molar-refractivity contribution is 9.10. The predicted molar refractivity (Wildman–Crippen MR) is 108 cm³/mol. The van der Waals surface area contributed by atoms with Gasteiger partial charge in [-0.15, -0.1) is 0 Å². The summed E-state index contributed by atoms with van der Waals surface area (Å²) in [6, 6.07) is 15.5. The van der Waals surface area contributed by atoms with Gasteiger partial charge in [0.05, 0.1) is 22.0 Å². The van der Waals surface area contributed by atoms with Crippen molar-refractivity contribution in [2.24, 2.45) is 0 Å². The van der Waals surface area contributed by atoms with Crippen LogP contribution in [0, 0.1) is 0 Å². The monoisotopic (exact) mass is 461 g/mol. The number of fused-ring (bicyclic) bond motifs is 2. The van der Waals surface area contributed by atoms with Crippen molar-refractivity contribution in [1.29, 1.82) is 0 Å². The lowest BCUT2D eigenvalue weighted by Crippen LogP contribution is -2.35. The van der Waals surface area contributed by atoms with E-state index in [4.69, 9.17) is 9.47 Å². The van der Waals surface area contributed by atoms with Gasteiger partial charge in [0.2, 0.25) is 5.91 Å². The fourth-order valence-corrected chi connectivity index (χ4v) is 5.07. The highest BCUT2D eigenvalue weighted by atomic mass is 79.9. The van der Waals surface area contributed by atoms with Crippen LogP contribution in [-0.2, 0) is 14.8 Å². The third-order valence-electron chi connectivity index (χ3n) is 4.66. The van der Waals surface area contributed by atoms with Crippen molar-refractivity contribution in [3.63, 3.8) is 0 Å². The second kappa shape index (κ2) is 7.10. The number of rotatable bonds is 4. The Kier molecular flexibility index (Phi) is 4.76. The summed E-state index contributed by atoms with van der Waals surface area (Å²) in [5, 5.41) is 1.33. The SMILES string of the molecule is COc1ccc(Br)c2c1C(C(=O)NS(=O)(=O)c1cccc3ccccc13)CO2. The van der Waals surface area contributed by atoms with Gasteiger partial charge in [-0.3, -0.25) is 4.79 Å². The summed E-state index contributed by atoms with van der Waals surface area (Å²) < 4.78 is 39.7. The van der Waals surface area contributed by atoms with Crippen LogP contribution in [0.4, 0.5) is 0 Å². The molecular formula is C20H16BrNO5S. The summed E-state index contributed by atoms with van der Waals surface area (Å²) in [6.07, 6.45) is 0. The molecule has 144 valence electrons. The maximum atomic E-state index is 12.9. The van der Waals surface area contributed by atoms with Gasteiger partial charge in [-0.05, 0) is 39.5 Å². The molecule has 1 aliphatic rings. The molecule has 28 heavy (non-hydrogen) atoms. The van der Waals surface area contributed by atoms with Crippen LogP contribution in [0.3, 0.4) is 0 Å². The number of nitrogens with one attached hydrogen (secondary N) is 1. The van der Waals surface area contributed by atoms with Crippen molar-refractivity contribution in [3.8, 4) is 11.5 Å². The Hall–Kier alpha value is -2.58. The summed E-state index contributed by atoms with van der Waals surface area (Å²) in [5.41, 5.74) is 0.530. The zero-order chi connectivity index (χ0) is 19.9. The van der Waals surface area contributed by atoms with Crippen molar-refractivity contribution < 1.29 is 22.7 Å². The zero-order valence-electron chi connectivity index (χ0n) is 14.8. The van der Waals surface area contributed by atoms with Gasteiger partial charge < -0.3 is 9.47 Å². The number of methoxy groups -OCH3 is 1. The van der Waals surface area contributed by atoms with Crippen LogP contribution < -0.4 is 14.2 Å². The number of benzene rings is 3. The molecule has 0 bridgehead atoms. The van der Waals surface area contributed by atoms with Crippen molar-refractivity contribution in [2.45, 2.75) is 10.8 Å². The molecule has 1 N–H and O–H groups in total. The lowest BCUT2D eigenvalue weighted by molar-refractivity contribution is -0.121. The molecule has 0 saturated carbocycles. The van der Waals surface area contributed by atoms with E-state index in [0.29, 0.717) is 26.9 Å². The molecule has 6 nitrogen and oxygen atoms in total. The minimum atomic E-state index is -4.06. The van der Waals surface area contributed by atoms with Crippen LogP contribution in [0.1, 0.15) is 11.5 Å². The summed E-state index contributed by atoms with van der Waals surface area (Å²) in [4.78, 5) is 12.9. The van der Waals surface area contributed by atoms with Gasteiger partial charge in [-0.2, -0.15) is 0 Å². The highest BCUT2D eigenvalue weighted by Crippen LogP contribution is 2.45. The first kappa shape index (κ1) is 18.8. The van der Waals surface area contributed by atoms with Crippen molar-refractivity contribution in [1.82, 2.24) is 4.72 Å². The molecule has 1 atom stereocenters. The van der Waals surface area contributed by atoms with E-state index in [1.807, 2.05) is 18.2 Å². The molecule has 8 heteroatoms. The smallest absolute Gasteiger partial charge is 0.264 e. The van der Waals surface area contributed by atoms with Crippen LogP contribution in [0.15, 0.2) is 64.0 Å². The molecule has 0 saturated heterocycles. The van der Waals surface area contributed by atoms with E-state index < -0.39 is 21.8 Å². The highest BCUT2D eigenvalue weighted by Gasteiger charge is 2.37. The molecule has 1 aliphatic heterocycles. The van der Waals surface area contributed by atoms with E-state index in [1.165, 1.54) is 13.2 Å². The molecule has 0 spiro atoms. The Morgan fingerprint density at radius 3 is 2.68 bits per heavy atom. The Morgan fingerprint density at radius 1 is 1.14 bits per heavy atom. The average Bonchev–Trinajstić information content (AvgIpc) is 3.14. The van der Waals surface area contributed by atoms with Gasteiger partial charge >= 0.3 is 0 Å². The maximum Gasteiger partial charge on any atom is 0.264 e. The quantitative estimate of drug-likeness (QED) is 0.641. The molecule has 3 aromatic rings. The number of hydrogen-bond donors (Lipinski definition) is 1. The third-order valence-corrected chi connectivity index (χ3v) is 6.69. The standard InChI is InChI=1S/C20H16BrNO5S/c1-26-16-10-9-15(21)19-18(16)14(11-27-19)20(23)22-28(24,25)17-8-4-6-12-5-2-3-7-13(12)17/h2-10,14H,11H2,1H3,(H,22,23). The van der Waals surface area contributed by atoms with Gasteiger partial charge in [0.15, 0.2) is 0 Å². The predicted octanol–water partition coefficient (Wildman–Crippen LogP) is 3.59. The van der Waals surface area contributed by atoms with Crippen LogP contribution in [0.25, 0.3) is 10.8 Å². The van der Waals surface area contributed by atoms with E-state index in [0.717, 1.165) is 5.39 Å². The summed E-state index contributed by atoms with van der Waals surface area (Å²) in [5.74, 6) is -0.504. The summed E-state index contributed by atoms with van der Waals surface area (Å²) in [6.45, 7) is 0.0329. The van der Waals surface area contributed by atoms with Gasteiger partial charge in [0, 0.05) is 5.39 Å². The first-order chi connectivity index (χ1) is 13.4. The van der Waals surface area contributed by atoms with Crippen molar-refractivity contribution in [2.75, 3.05) is 13.7 Å². The van der Waals surface area contributed by atoms with Crippen LogP contribution in [-0.4, -0.2) is 28.0 Å². The Bertz CT molecular complexity index is 1190. The zero-order valence-corrected chi connectivity index (χ0v) is 17.2. The van der Waals surface area contributed by atoms with E-state index in [-0.39, 0.29) is 11.5 Å². The molecule has 3 aromatic carbocycles.